The van der Waals surface area contributed by atoms with Crippen molar-refractivity contribution >= 4 is 34.2 Å². The fourth-order valence-electron chi connectivity index (χ4n) is 5.66. The van der Waals surface area contributed by atoms with Gasteiger partial charge in [-0.3, -0.25) is 14.4 Å². The molecule has 1 N–H and O–H groups in total. The molecule has 0 spiro atoms. The number of benzene rings is 4. The van der Waals surface area contributed by atoms with Crippen molar-refractivity contribution in [3.05, 3.63) is 113 Å². The Balaban J connectivity index is 1.37. The molecule has 1 unspecified atom stereocenters. The molecule has 4 aromatic carbocycles. The zero-order valence-electron chi connectivity index (χ0n) is 23.8. The molecule has 41 heavy (non-hydrogen) atoms. The fraction of sp³-hybridized carbons (Fsp3) is 0.286. The molecule has 3 amide bonds. The Hall–Kier alpha value is -4.45. The van der Waals surface area contributed by atoms with Crippen LogP contribution in [0.3, 0.4) is 0 Å². The van der Waals surface area contributed by atoms with Gasteiger partial charge in [-0.15, -0.1) is 0 Å². The number of nitrogens with zero attached hydrogens (tertiary/aromatic N) is 2. The first-order valence-corrected chi connectivity index (χ1v) is 14.5. The highest BCUT2D eigenvalue weighted by molar-refractivity contribution is 6.25. The molecule has 0 fully saturated rings. The van der Waals surface area contributed by atoms with Crippen molar-refractivity contribution in [2.45, 2.75) is 52.1 Å². The average Bonchev–Trinajstić information content (AvgIpc) is 3.26. The van der Waals surface area contributed by atoms with Crippen LogP contribution in [0.25, 0.3) is 10.8 Å². The van der Waals surface area contributed by atoms with Gasteiger partial charge in [0.05, 0.1) is 5.69 Å². The first-order valence-electron chi connectivity index (χ1n) is 14.5. The lowest BCUT2D eigenvalue weighted by Gasteiger charge is -2.32. The Morgan fingerprint density at radius 3 is 2.39 bits per heavy atom. The van der Waals surface area contributed by atoms with E-state index in [-0.39, 0.29) is 24.1 Å². The van der Waals surface area contributed by atoms with Gasteiger partial charge in [0.15, 0.2) is 0 Å². The van der Waals surface area contributed by atoms with Crippen molar-refractivity contribution in [2.24, 2.45) is 0 Å². The molecule has 0 saturated heterocycles. The highest BCUT2D eigenvalue weighted by atomic mass is 16.2. The summed E-state index contributed by atoms with van der Waals surface area (Å²) in [5.41, 5.74) is 4.69. The first kappa shape index (κ1) is 28.1. The highest BCUT2D eigenvalue weighted by Crippen LogP contribution is 2.37. The maximum Gasteiger partial charge on any atom is 0.258 e. The second kappa shape index (κ2) is 12.8. The lowest BCUT2D eigenvalue weighted by Crippen LogP contribution is -2.50. The Morgan fingerprint density at radius 2 is 1.63 bits per heavy atom. The normalized spacial score (nSPS) is 12.9. The van der Waals surface area contributed by atoms with E-state index in [0.717, 1.165) is 39.6 Å². The highest BCUT2D eigenvalue weighted by Gasteiger charge is 2.32. The molecule has 4 aromatic rings. The van der Waals surface area contributed by atoms with Gasteiger partial charge in [-0.1, -0.05) is 91.3 Å². The third-order valence-corrected chi connectivity index (χ3v) is 7.68. The van der Waals surface area contributed by atoms with Gasteiger partial charge in [0.2, 0.25) is 11.8 Å². The molecule has 1 aliphatic rings. The number of carbonyl (C=O) groups excluding carboxylic acids is 3. The average molecular weight is 548 g/mol. The van der Waals surface area contributed by atoms with E-state index in [4.69, 9.17) is 0 Å². The van der Waals surface area contributed by atoms with Gasteiger partial charge in [-0.2, -0.15) is 0 Å². The van der Waals surface area contributed by atoms with Gasteiger partial charge in [-0.05, 0) is 48.4 Å². The lowest BCUT2D eigenvalue weighted by molar-refractivity contribution is -0.141. The summed E-state index contributed by atoms with van der Waals surface area (Å²) in [7, 11) is 0. The topological polar surface area (TPSA) is 69.7 Å². The molecule has 0 saturated carbocycles. The van der Waals surface area contributed by atoms with E-state index < -0.39 is 6.04 Å². The molecular weight excluding hydrogens is 510 g/mol. The van der Waals surface area contributed by atoms with Crippen LogP contribution in [0.15, 0.2) is 91.0 Å². The van der Waals surface area contributed by atoms with Crippen molar-refractivity contribution in [1.29, 1.82) is 0 Å². The maximum atomic E-state index is 13.9. The van der Waals surface area contributed by atoms with E-state index in [2.05, 4.69) is 11.4 Å². The predicted molar refractivity (Wildman–Crippen MR) is 164 cm³/mol. The summed E-state index contributed by atoms with van der Waals surface area (Å²) in [6, 6.07) is 29.0. The van der Waals surface area contributed by atoms with E-state index in [0.29, 0.717) is 38.0 Å². The van der Waals surface area contributed by atoms with Gasteiger partial charge in [0, 0.05) is 43.4 Å². The van der Waals surface area contributed by atoms with Crippen molar-refractivity contribution in [3.63, 3.8) is 0 Å². The number of nitrogens with one attached hydrogen (secondary N) is 1. The maximum absolute atomic E-state index is 13.9. The van der Waals surface area contributed by atoms with Crippen LogP contribution in [-0.4, -0.2) is 41.8 Å². The summed E-state index contributed by atoms with van der Waals surface area (Å²) in [6.07, 6.45) is 1.96. The van der Waals surface area contributed by atoms with Crippen LogP contribution in [0, 0.1) is 6.92 Å². The zero-order chi connectivity index (χ0) is 28.8. The molecule has 1 atom stereocenters. The summed E-state index contributed by atoms with van der Waals surface area (Å²) in [4.78, 5) is 44.2. The molecule has 0 aromatic heterocycles. The molecule has 0 radical (unpaired) electrons. The summed E-state index contributed by atoms with van der Waals surface area (Å²) in [5, 5.41) is 5.04. The second-order valence-electron chi connectivity index (χ2n) is 10.7. The smallest absolute Gasteiger partial charge is 0.258 e. The third kappa shape index (κ3) is 6.32. The van der Waals surface area contributed by atoms with E-state index in [1.165, 1.54) is 0 Å². The van der Waals surface area contributed by atoms with Crippen LogP contribution in [-0.2, 0) is 22.6 Å². The molecule has 1 aliphatic heterocycles. The van der Waals surface area contributed by atoms with Crippen molar-refractivity contribution in [2.75, 3.05) is 18.0 Å². The van der Waals surface area contributed by atoms with E-state index >= 15 is 0 Å². The number of hydrogen-bond acceptors (Lipinski definition) is 3. The van der Waals surface area contributed by atoms with E-state index in [1.807, 2.05) is 98.8 Å². The Morgan fingerprint density at radius 1 is 0.902 bits per heavy atom. The minimum atomic E-state index is -0.650. The number of aryl methyl sites for hydroxylation is 1. The monoisotopic (exact) mass is 547 g/mol. The summed E-state index contributed by atoms with van der Waals surface area (Å²) in [6.45, 7) is 5.37. The number of carbonyl (C=O) groups is 3. The Kier molecular flexibility index (Phi) is 8.78. The van der Waals surface area contributed by atoms with Crippen molar-refractivity contribution in [3.8, 4) is 0 Å². The Bertz CT molecular complexity index is 1540. The molecule has 0 bridgehead atoms. The quantitative estimate of drug-likeness (QED) is 0.235. The van der Waals surface area contributed by atoms with Crippen molar-refractivity contribution in [1.82, 2.24) is 10.2 Å². The van der Waals surface area contributed by atoms with Gasteiger partial charge < -0.3 is 15.1 Å². The molecule has 0 aliphatic carbocycles. The predicted octanol–water partition coefficient (Wildman–Crippen LogP) is 6.05. The van der Waals surface area contributed by atoms with Crippen LogP contribution < -0.4 is 10.2 Å². The standard InChI is InChI=1S/C35H37N3O3/c1-3-20-36-34(40)31(23-26-12-5-4-6-13-26)38(24-27-14-7-11-25(2)22-27)32(39)19-10-21-37-30-18-9-16-28-15-8-17-29(33(28)30)35(37)41/h4-9,11-18,22,31H,3,10,19-21,23-24H2,1-2H3,(H,36,40). The molecule has 210 valence electrons. The number of rotatable bonds is 12. The SMILES string of the molecule is CCCNC(=O)C(Cc1ccccc1)N(Cc1cccc(C)c1)C(=O)CCCN1C(=O)c2cccc3cccc1c23. The molecular formula is C35H37N3O3. The number of anilines is 1. The lowest BCUT2D eigenvalue weighted by atomic mass is 10.0. The molecule has 5 rings (SSSR count). The summed E-state index contributed by atoms with van der Waals surface area (Å²) in [5.74, 6) is -0.267. The van der Waals surface area contributed by atoms with Gasteiger partial charge in [0.1, 0.15) is 6.04 Å². The van der Waals surface area contributed by atoms with Gasteiger partial charge in [-0.25, -0.2) is 0 Å². The van der Waals surface area contributed by atoms with Gasteiger partial charge >= 0.3 is 0 Å². The third-order valence-electron chi connectivity index (χ3n) is 7.68. The van der Waals surface area contributed by atoms with Crippen LogP contribution in [0.5, 0.6) is 0 Å². The molecule has 6 heteroatoms. The van der Waals surface area contributed by atoms with Gasteiger partial charge in [0.25, 0.3) is 5.91 Å². The minimum absolute atomic E-state index is 0.0261. The Labute approximate surface area is 242 Å². The fourth-order valence-corrected chi connectivity index (χ4v) is 5.66. The van der Waals surface area contributed by atoms with E-state index in [9.17, 15) is 14.4 Å². The largest absolute Gasteiger partial charge is 0.354 e. The number of amides is 3. The molecule has 1 heterocycles. The van der Waals surface area contributed by atoms with Crippen LogP contribution >= 0.6 is 0 Å². The van der Waals surface area contributed by atoms with Crippen LogP contribution in [0.1, 0.15) is 53.2 Å². The minimum Gasteiger partial charge on any atom is -0.354 e. The second-order valence-corrected chi connectivity index (χ2v) is 10.7. The summed E-state index contributed by atoms with van der Waals surface area (Å²) >= 11 is 0. The van der Waals surface area contributed by atoms with Crippen LogP contribution in [0.2, 0.25) is 0 Å². The van der Waals surface area contributed by atoms with Crippen molar-refractivity contribution < 1.29 is 14.4 Å². The first-order chi connectivity index (χ1) is 20.0. The summed E-state index contributed by atoms with van der Waals surface area (Å²) < 4.78 is 0. The zero-order valence-corrected chi connectivity index (χ0v) is 23.8. The molecule has 6 nitrogen and oxygen atoms in total. The number of hydrogen-bond donors (Lipinski definition) is 1. The van der Waals surface area contributed by atoms with Crippen LogP contribution in [0.4, 0.5) is 5.69 Å². The van der Waals surface area contributed by atoms with E-state index in [1.54, 1.807) is 9.80 Å².